The monoisotopic (exact) mass is 340 g/mol. The molecule has 7 nitrogen and oxygen atoms in total. The van der Waals surface area contributed by atoms with Crippen molar-refractivity contribution < 1.29 is 14.3 Å². The van der Waals surface area contributed by atoms with Crippen LogP contribution in [0.1, 0.15) is 6.42 Å². The van der Waals surface area contributed by atoms with Crippen molar-refractivity contribution in [3.63, 3.8) is 0 Å². The van der Waals surface area contributed by atoms with Crippen LogP contribution in [0, 0.1) is 0 Å². The van der Waals surface area contributed by atoms with Crippen LogP contribution < -0.4 is 19.9 Å². The summed E-state index contributed by atoms with van der Waals surface area (Å²) in [6.07, 6.45) is 1.83. The number of pyridine rings is 1. The lowest BCUT2D eigenvalue weighted by Gasteiger charge is -2.21. The first-order valence-corrected chi connectivity index (χ1v) is 8.00. The van der Waals surface area contributed by atoms with E-state index in [1.54, 1.807) is 24.4 Å². The number of hydrogen-bond acceptors (Lipinski definition) is 5. The summed E-state index contributed by atoms with van der Waals surface area (Å²) in [5.41, 5.74) is 1.20. The van der Waals surface area contributed by atoms with Crippen molar-refractivity contribution in [1.82, 2.24) is 4.98 Å². The molecule has 0 saturated heterocycles. The number of anilines is 3. The lowest BCUT2D eigenvalue weighted by Crippen LogP contribution is -2.37. The fraction of sp³-hybridized carbons (Fsp3) is 0.278. The maximum Gasteiger partial charge on any atom is 0.244 e. The molecule has 0 bridgehead atoms. The molecule has 7 heteroatoms. The first kappa shape index (κ1) is 16.8. The number of carbonyl (C=O) groups is 2. The molecule has 0 spiro atoms. The zero-order chi connectivity index (χ0) is 17.8. The van der Waals surface area contributed by atoms with Gasteiger partial charge in [0.2, 0.25) is 11.8 Å². The summed E-state index contributed by atoms with van der Waals surface area (Å²) >= 11 is 0. The molecule has 1 aliphatic rings. The highest BCUT2D eigenvalue weighted by Gasteiger charge is 2.25. The Hall–Kier alpha value is -3.09. The summed E-state index contributed by atoms with van der Waals surface area (Å²) in [7, 11) is 3.79. The standard InChI is InChI=1S/C18H20N4O3/c1-21(2)16-8-7-13(11-19-16)20-17(23)12-22-14-5-3-4-6-15(14)25-10-9-18(22)24/h3-8,11H,9-10,12H2,1-2H3,(H,20,23). The number of hydrogen-bond donors (Lipinski definition) is 1. The van der Waals surface area contributed by atoms with Crippen LogP contribution in [-0.2, 0) is 9.59 Å². The van der Waals surface area contributed by atoms with Crippen LogP contribution in [-0.4, -0.2) is 44.0 Å². The first-order valence-electron chi connectivity index (χ1n) is 8.00. The number of nitrogens with zero attached hydrogens (tertiary/aromatic N) is 3. The second-order valence-electron chi connectivity index (χ2n) is 5.89. The van der Waals surface area contributed by atoms with Crippen molar-refractivity contribution in [3.8, 4) is 5.75 Å². The third-order valence-corrected chi connectivity index (χ3v) is 3.82. The Morgan fingerprint density at radius 3 is 2.80 bits per heavy atom. The van der Waals surface area contributed by atoms with Crippen molar-refractivity contribution in [2.75, 3.05) is 42.4 Å². The Kier molecular flexibility index (Phi) is 4.83. The number of nitrogens with one attached hydrogen (secondary N) is 1. The van der Waals surface area contributed by atoms with Gasteiger partial charge < -0.3 is 15.0 Å². The topological polar surface area (TPSA) is 74.8 Å². The maximum absolute atomic E-state index is 12.4. The van der Waals surface area contributed by atoms with Gasteiger partial charge >= 0.3 is 0 Å². The molecule has 1 N–H and O–H groups in total. The summed E-state index contributed by atoms with van der Waals surface area (Å²) in [6.45, 7) is 0.235. The van der Waals surface area contributed by atoms with Gasteiger partial charge in [0.1, 0.15) is 18.1 Å². The number of benzene rings is 1. The van der Waals surface area contributed by atoms with E-state index in [1.807, 2.05) is 37.2 Å². The minimum absolute atomic E-state index is 0.0748. The number of fused-ring (bicyclic) bond motifs is 1. The third kappa shape index (κ3) is 3.88. The highest BCUT2D eigenvalue weighted by Crippen LogP contribution is 2.30. The van der Waals surface area contributed by atoms with E-state index < -0.39 is 0 Å². The van der Waals surface area contributed by atoms with Gasteiger partial charge in [0.05, 0.1) is 30.6 Å². The van der Waals surface area contributed by atoms with Gasteiger partial charge in [0.25, 0.3) is 0 Å². The summed E-state index contributed by atoms with van der Waals surface area (Å²) in [5, 5.41) is 2.77. The molecule has 0 unspecified atom stereocenters. The molecular formula is C18H20N4O3. The maximum atomic E-state index is 12.4. The lowest BCUT2D eigenvalue weighted by atomic mass is 10.2. The number of ether oxygens (including phenoxy) is 1. The Bertz CT molecular complexity index is 774. The van der Waals surface area contributed by atoms with Crippen molar-refractivity contribution in [3.05, 3.63) is 42.6 Å². The fourth-order valence-electron chi connectivity index (χ4n) is 2.56. The van der Waals surface area contributed by atoms with E-state index in [-0.39, 0.29) is 24.8 Å². The number of rotatable bonds is 4. The van der Waals surface area contributed by atoms with Gasteiger partial charge in [0.15, 0.2) is 0 Å². The summed E-state index contributed by atoms with van der Waals surface area (Å²) in [4.78, 5) is 32.3. The summed E-state index contributed by atoms with van der Waals surface area (Å²) in [6, 6.07) is 10.8. The van der Waals surface area contributed by atoms with E-state index in [0.717, 1.165) is 5.82 Å². The molecule has 1 aromatic carbocycles. The number of aromatic nitrogens is 1. The number of carbonyl (C=O) groups excluding carboxylic acids is 2. The summed E-state index contributed by atoms with van der Waals surface area (Å²) in [5.74, 6) is 0.982. The fourth-order valence-corrected chi connectivity index (χ4v) is 2.56. The van der Waals surface area contributed by atoms with Crippen LogP contribution in [0.2, 0.25) is 0 Å². The molecule has 0 radical (unpaired) electrons. The SMILES string of the molecule is CN(C)c1ccc(NC(=O)CN2C(=O)CCOc3ccccc32)cn1. The number of para-hydroxylation sites is 2. The third-order valence-electron chi connectivity index (χ3n) is 3.82. The van der Waals surface area contributed by atoms with E-state index >= 15 is 0 Å². The van der Waals surface area contributed by atoms with Crippen molar-refractivity contribution in [2.24, 2.45) is 0 Å². The average Bonchev–Trinajstić information content (AvgIpc) is 2.75. The van der Waals surface area contributed by atoms with Crippen LogP contribution >= 0.6 is 0 Å². The first-order chi connectivity index (χ1) is 12.0. The van der Waals surface area contributed by atoms with Gasteiger partial charge in [-0.25, -0.2) is 4.98 Å². The Balaban J connectivity index is 1.72. The van der Waals surface area contributed by atoms with Crippen molar-refractivity contribution in [1.29, 1.82) is 0 Å². The van der Waals surface area contributed by atoms with Crippen LogP contribution in [0.3, 0.4) is 0 Å². The Morgan fingerprint density at radius 2 is 2.08 bits per heavy atom. The van der Waals surface area contributed by atoms with E-state index in [2.05, 4.69) is 10.3 Å². The van der Waals surface area contributed by atoms with Gasteiger partial charge in [0, 0.05) is 14.1 Å². The molecule has 1 aliphatic heterocycles. The molecule has 0 fully saturated rings. The minimum atomic E-state index is -0.288. The molecule has 0 saturated carbocycles. The zero-order valence-corrected chi connectivity index (χ0v) is 14.2. The number of amides is 2. The van der Waals surface area contributed by atoms with Crippen LogP contribution in [0.15, 0.2) is 42.6 Å². The average molecular weight is 340 g/mol. The molecule has 3 rings (SSSR count). The van der Waals surface area contributed by atoms with E-state index in [9.17, 15) is 9.59 Å². The lowest BCUT2D eigenvalue weighted by molar-refractivity contribution is -0.121. The second kappa shape index (κ2) is 7.21. The normalized spacial score (nSPS) is 13.5. The van der Waals surface area contributed by atoms with Gasteiger partial charge in [-0.3, -0.25) is 14.5 Å². The Morgan fingerprint density at radius 1 is 1.28 bits per heavy atom. The molecule has 25 heavy (non-hydrogen) atoms. The van der Waals surface area contributed by atoms with Crippen LogP contribution in [0.25, 0.3) is 0 Å². The van der Waals surface area contributed by atoms with Gasteiger partial charge in [-0.2, -0.15) is 0 Å². The van der Waals surface area contributed by atoms with Crippen LogP contribution in [0.4, 0.5) is 17.2 Å². The van der Waals surface area contributed by atoms with E-state index in [1.165, 1.54) is 4.90 Å². The highest BCUT2D eigenvalue weighted by molar-refractivity contribution is 6.03. The molecule has 0 atom stereocenters. The molecule has 2 amide bonds. The van der Waals surface area contributed by atoms with Gasteiger partial charge in [-0.1, -0.05) is 12.1 Å². The van der Waals surface area contributed by atoms with E-state index in [4.69, 9.17) is 4.74 Å². The van der Waals surface area contributed by atoms with Crippen LogP contribution in [0.5, 0.6) is 5.75 Å². The zero-order valence-electron chi connectivity index (χ0n) is 14.2. The van der Waals surface area contributed by atoms with E-state index in [0.29, 0.717) is 23.7 Å². The minimum Gasteiger partial charge on any atom is -0.491 e. The predicted molar refractivity (Wildman–Crippen MR) is 96.1 cm³/mol. The Labute approximate surface area is 146 Å². The largest absolute Gasteiger partial charge is 0.491 e. The molecule has 2 heterocycles. The molecule has 1 aromatic heterocycles. The smallest absolute Gasteiger partial charge is 0.244 e. The molecular weight excluding hydrogens is 320 g/mol. The van der Waals surface area contributed by atoms with Crippen molar-refractivity contribution >= 4 is 29.0 Å². The molecule has 130 valence electrons. The second-order valence-corrected chi connectivity index (χ2v) is 5.89. The molecule has 2 aromatic rings. The highest BCUT2D eigenvalue weighted by atomic mass is 16.5. The summed E-state index contributed by atoms with van der Waals surface area (Å²) < 4.78 is 5.58. The quantitative estimate of drug-likeness (QED) is 0.920. The molecule has 0 aliphatic carbocycles. The van der Waals surface area contributed by atoms with Gasteiger partial charge in [-0.15, -0.1) is 0 Å². The predicted octanol–water partition coefficient (Wildman–Crippen LogP) is 1.90. The van der Waals surface area contributed by atoms with Gasteiger partial charge in [-0.05, 0) is 24.3 Å². The van der Waals surface area contributed by atoms with Crippen molar-refractivity contribution in [2.45, 2.75) is 6.42 Å².